The molecule has 0 amide bonds. The molecule has 2 unspecified atom stereocenters. The maximum absolute atomic E-state index is 13.0. The van der Waals surface area contributed by atoms with Crippen LogP contribution >= 0.6 is 15.9 Å². The normalized spacial score (nSPS) is 14.7. The highest BCUT2D eigenvalue weighted by atomic mass is 79.9. The SMILES string of the molecule is C=CC(C)NC(C)c1ccc(F)c(Br)c1. The third kappa shape index (κ3) is 3.43. The van der Waals surface area contributed by atoms with E-state index >= 15 is 0 Å². The maximum atomic E-state index is 13.0. The summed E-state index contributed by atoms with van der Waals surface area (Å²) in [7, 11) is 0. The highest BCUT2D eigenvalue weighted by Crippen LogP contribution is 2.21. The highest BCUT2D eigenvalue weighted by molar-refractivity contribution is 9.10. The first-order valence-corrected chi connectivity index (χ1v) is 5.67. The summed E-state index contributed by atoms with van der Waals surface area (Å²) < 4.78 is 13.5. The largest absolute Gasteiger partial charge is 0.304 e. The van der Waals surface area contributed by atoms with E-state index < -0.39 is 0 Å². The van der Waals surface area contributed by atoms with Crippen molar-refractivity contribution in [3.63, 3.8) is 0 Å². The molecule has 0 aliphatic rings. The Morgan fingerprint density at radius 2 is 2.13 bits per heavy atom. The van der Waals surface area contributed by atoms with Gasteiger partial charge in [-0.25, -0.2) is 4.39 Å². The van der Waals surface area contributed by atoms with Crippen molar-refractivity contribution >= 4 is 15.9 Å². The Morgan fingerprint density at radius 1 is 1.47 bits per heavy atom. The van der Waals surface area contributed by atoms with Crippen LogP contribution < -0.4 is 5.32 Å². The predicted molar refractivity (Wildman–Crippen MR) is 65.3 cm³/mol. The lowest BCUT2D eigenvalue weighted by molar-refractivity contribution is 0.535. The molecule has 0 saturated heterocycles. The van der Waals surface area contributed by atoms with Gasteiger partial charge in [0.2, 0.25) is 0 Å². The van der Waals surface area contributed by atoms with E-state index in [1.807, 2.05) is 19.9 Å². The summed E-state index contributed by atoms with van der Waals surface area (Å²) in [6.07, 6.45) is 1.84. The first kappa shape index (κ1) is 12.4. The van der Waals surface area contributed by atoms with E-state index in [1.54, 1.807) is 12.1 Å². The molecule has 0 aliphatic carbocycles. The second-order valence-corrected chi connectivity index (χ2v) is 4.44. The van der Waals surface area contributed by atoms with Gasteiger partial charge in [-0.2, -0.15) is 0 Å². The molecule has 1 aromatic carbocycles. The zero-order valence-corrected chi connectivity index (χ0v) is 10.5. The van der Waals surface area contributed by atoms with Crippen LogP contribution in [0.2, 0.25) is 0 Å². The molecule has 0 aliphatic heterocycles. The fraction of sp³-hybridized carbons (Fsp3) is 0.333. The molecule has 2 atom stereocenters. The monoisotopic (exact) mass is 271 g/mol. The van der Waals surface area contributed by atoms with E-state index in [9.17, 15) is 4.39 Å². The summed E-state index contributed by atoms with van der Waals surface area (Å²) in [6.45, 7) is 7.78. The molecule has 0 aromatic heterocycles. The van der Waals surface area contributed by atoms with Gasteiger partial charge < -0.3 is 5.32 Å². The van der Waals surface area contributed by atoms with E-state index in [0.29, 0.717) is 4.47 Å². The number of hydrogen-bond acceptors (Lipinski definition) is 1. The summed E-state index contributed by atoms with van der Waals surface area (Å²) in [5.74, 6) is -0.234. The minimum Gasteiger partial charge on any atom is -0.304 e. The molecule has 1 aromatic rings. The van der Waals surface area contributed by atoms with E-state index in [4.69, 9.17) is 0 Å². The molecule has 0 bridgehead atoms. The van der Waals surface area contributed by atoms with Gasteiger partial charge in [0.05, 0.1) is 4.47 Å². The molecule has 0 heterocycles. The molecular formula is C12H15BrFN. The zero-order chi connectivity index (χ0) is 11.4. The zero-order valence-electron chi connectivity index (χ0n) is 8.93. The maximum Gasteiger partial charge on any atom is 0.137 e. The topological polar surface area (TPSA) is 12.0 Å². The van der Waals surface area contributed by atoms with Crippen LogP contribution in [0.1, 0.15) is 25.5 Å². The van der Waals surface area contributed by atoms with Gasteiger partial charge in [-0.1, -0.05) is 12.1 Å². The number of benzene rings is 1. The van der Waals surface area contributed by atoms with Gasteiger partial charge in [-0.05, 0) is 47.5 Å². The predicted octanol–water partition coefficient (Wildman–Crippen LogP) is 3.81. The lowest BCUT2D eigenvalue weighted by Crippen LogP contribution is -2.26. The summed E-state index contributed by atoms with van der Waals surface area (Å²) >= 11 is 3.17. The second kappa shape index (κ2) is 5.42. The highest BCUT2D eigenvalue weighted by Gasteiger charge is 2.09. The molecular weight excluding hydrogens is 257 g/mol. The molecule has 15 heavy (non-hydrogen) atoms. The fourth-order valence-electron chi connectivity index (χ4n) is 1.34. The minimum atomic E-state index is -0.234. The van der Waals surface area contributed by atoms with Crippen molar-refractivity contribution in [1.82, 2.24) is 5.32 Å². The van der Waals surface area contributed by atoms with Crippen molar-refractivity contribution in [3.05, 3.63) is 46.7 Å². The van der Waals surface area contributed by atoms with E-state index in [2.05, 4.69) is 27.8 Å². The molecule has 82 valence electrons. The number of hydrogen-bond donors (Lipinski definition) is 1. The minimum absolute atomic E-state index is 0.176. The average molecular weight is 272 g/mol. The van der Waals surface area contributed by atoms with Gasteiger partial charge in [0.15, 0.2) is 0 Å². The van der Waals surface area contributed by atoms with E-state index in [0.717, 1.165) is 5.56 Å². The van der Waals surface area contributed by atoms with Crippen molar-refractivity contribution in [3.8, 4) is 0 Å². The Hall–Kier alpha value is -0.670. The Bertz CT molecular complexity index is 351. The van der Waals surface area contributed by atoms with Crippen molar-refractivity contribution in [1.29, 1.82) is 0 Å². The third-order valence-electron chi connectivity index (χ3n) is 2.31. The quantitative estimate of drug-likeness (QED) is 0.822. The van der Waals surface area contributed by atoms with Crippen LogP contribution in [0.15, 0.2) is 35.3 Å². The first-order chi connectivity index (χ1) is 7.04. The van der Waals surface area contributed by atoms with Crippen LogP contribution in [0.4, 0.5) is 4.39 Å². The number of nitrogens with one attached hydrogen (secondary N) is 1. The molecule has 0 spiro atoms. The number of halogens is 2. The molecule has 1 nitrogen and oxygen atoms in total. The summed E-state index contributed by atoms with van der Waals surface area (Å²) in [5.41, 5.74) is 1.05. The van der Waals surface area contributed by atoms with E-state index in [-0.39, 0.29) is 17.9 Å². The van der Waals surface area contributed by atoms with Crippen LogP contribution in [0.3, 0.4) is 0 Å². The van der Waals surface area contributed by atoms with Gasteiger partial charge in [0.25, 0.3) is 0 Å². The summed E-state index contributed by atoms with van der Waals surface area (Å²) in [5, 5.41) is 3.33. The van der Waals surface area contributed by atoms with Crippen molar-refractivity contribution < 1.29 is 4.39 Å². The Morgan fingerprint density at radius 3 is 2.67 bits per heavy atom. The average Bonchev–Trinajstić information content (AvgIpc) is 2.21. The third-order valence-corrected chi connectivity index (χ3v) is 2.92. The summed E-state index contributed by atoms with van der Waals surface area (Å²) in [6, 6.07) is 5.46. The lowest BCUT2D eigenvalue weighted by Gasteiger charge is -2.18. The fourth-order valence-corrected chi connectivity index (χ4v) is 1.74. The molecule has 0 fully saturated rings. The van der Waals surface area contributed by atoms with Gasteiger partial charge in [0, 0.05) is 12.1 Å². The smallest absolute Gasteiger partial charge is 0.137 e. The van der Waals surface area contributed by atoms with Crippen LogP contribution in [-0.4, -0.2) is 6.04 Å². The van der Waals surface area contributed by atoms with E-state index in [1.165, 1.54) is 6.07 Å². The standard InChI is InChI=1S/C12H15BrFN/c1-4-8(2)15-9(3)10-5-6-12(14)11(13)7-10/h4-9,15H,1H2,2-3H3. The Labute approximate surface area is 98.5 Å². The molecule has 3 heteroatoms. The van der Waals surface area contributed by atoms with Crippen molar-refractivity contribution in [2.24, 2.45) is 0 Å². The van der Waals surface area contributed by atoms with Crippen molar-refractivity contribution in [2.75, 3.05) is 0 Å². The van der Waals surface area contributed by atoms with Gasteiger partial charge in [0.1, 0.15) is 5.82 Å². The van der Waals surface area contributed by atoms with Crippen LogP contribution in [0.25, 0.3) is 0 Å². The Kier molecular flexibility index (Phi) is 4.48. The van der Waals surface area contributed by atoms with Gasteiger partial charge in [-0.15, -0.1) is 6.58 Å². The molecule has 1 rings (SSSR count). The Balaban J connectivity index is 2.77. The summed E-state index contributed by atoms with van der Waals surface area (Å²) in [4.78, 5) is 0. The molecule has 0 radical (unpaired) electrons. The first-order valence-electron chi connectivity index (χ1n) is 4.88. The van der Waals surface area contributed by atoms with Crippen LogP contribution in [-0.2, 0) is 0 Å². The van der Waals surface area contributed by atoms with Crippen LogP contribution in [0, 0.1) is 5.82 Å². The molecule has 1 N–H and O–H groups in total. The van der Waals surface area contributed by atoms with Gasteiger partial charge >= 0.3 is 0 Å². The van der Waals surface area contributed by atoms with Crippen molar-refractivity contribution in [2.45, 2.75) is 25.9 Å². The van der Waals surface area contributed by atoms with Crippen LogP contribution in [0.5, 0.6) is 0 Å². The lowest BCUT2D eigenvalue weighted by atomic mass is 10.1. The number of rotatable bonds is 4. The molecule has 0 saturated carbocycles. The van der Waals surface area contributed by atoms with Gasteiger partial charge in [-0.3, -0.25) is 0 Å². The second-order valence-electron chi connectivity index (χ2n) is 3.59.